The third-order valence-corrected chi connectivity index (χ3v) is 5.00. The number of hydrogen-bond donors (Lipinski definition) is 1. The SMILES string of the molecule is NC(=O)c1cccc2c1c1ccc(Cl)cc1n2Cc1ccccc1C(F)(F)F. The van der Waals surface area contributed by atoms with Gasteiger partial charge in [0.2, 0.25) is 5.91 Å². The maximum absolute atomic E-state index is 13.4. The Hall–Kier alpha value is -2.99. The van der Waals surface area contributed by atoms with Gasteiger partial charge < -0.3 is 10.3 Å². The number of carbonyl (C=O) groups is 1. The first kappa shape index (κ1) is 18.4. The monoisotopic (exact) mass is 402 g/mol. The predicted molar refractivity (Wildman–Crippen MR) is 104 cm³/mol. The number of primary amides is 1. The molecule has 0 fully saturated rings. The Kier molecular flexibility index (Phi) is 4.31. The van der Waals surface area contributed by atoms with Crippen LogP contribution in [-0.4, -0.2) is 10.5 Å². The maximum Gasteiger partial charge on any atom is 0.416 e. The van der Waals surface area contributed by atoms with Gasteiger partial charge in [0.15, 0.2) is 0 Å². The zero-order valence-electron chi connectivity index (χ0n) is 14.4. The van der Waals surface area contributed by atoms with Crippen molar-refractivity contribution in [2.24, 2.45) is 5.73 Å². The van der Waals surface area contributed by atoms with Gasteiger partial charge in [0.1, 0.15) is 0 Å². The molecule has 4 rings (SSSR count). The highest BCUT2D eigenvalue weighted by atomic mass is 35.5. The third-order valence-electron chi connectivity index (χ3n) is 4.77. The molecular formula is C21H14ClF3N2O. The molecule has 0 saturated carbocycles. The van der Waals surface area contributed by atoms with E-state index < -0.39 is 17.6 Å². The Labute approximate surface area is 163 Å². The van der Waals surface area contributed by atoms with Gasteiger partial charge in [-0.1, -0.05) is 41.9 Å². The van der Waals surface area contributed by atoms with E-state index >= 15 is 0 Å². The zero-order chi connectivity index (χ0) is 20.1. The number of alkyl halides is 3. The van der Waals surface area contributed by atoms with E-state index in [1.54, 1.807) is 47.0 Å². The fourth-order valence-electron chi connectivity index (χ4n) is 3.60. The Morgan fingerprint density at radius 2 is 1.75 bits per heavy atom. The smallest absolute Gasteiger partial charge is 0.366 e. The lowest BCUT2D eigenvalue weighted by molar-refractivity contribution is -0.138. The van der Waals surface area contributed by atoms with Gasteiger partial charge in [-0.2, -0.15) is 13.2 Å². The molecule has 0 spiro atoms. The minimum Gasteiger partial charge on any atom is -0.366 e. The van der Waals surface area contributed by atoms with Crippen molar-refractivity contribution in [2.75, 3.05) is 0 Å². The number of fused-ring (bicyclic) bond motifs is 3. The first-order valence-corrected chi connectivity index (χ1v) is 8.80. The fraction of sp³-hybridized carbons (Fsp3) is 0.0952. The van der Waals surface area contributed by atoms with Crippen molar-refractivity contribution in [3.05, 3.63) is 82.4 Å². The molecule has 4 aromatic rings. The average Bonchev–Trinajstić information content (AvgIpc) is 2.94. The number of benzene rings is 3. The minimum atomic E-state index is -4.47. The van der Waals surface area contributed by atoms with Gasteiger partial charge in [0.25, 0.3) is 0 Å². The van der Waals surface area contributed by atoms with Gasteiger partial charge in [-0.25, -0.2) is 0 Å². The van der Waals surface area contributed by atoms with E-state index in [0.29, 0.717) is 32.4 Å². The molecule has 1 heterocycles. The van der Waals surface area contributed by atoms with Crippen molar-refractivity contribution < 1.29 is 18.0 Å². The summed E-state index contributed by atoms with van der Waals surface area (Å²) in [7, 11) is 0. The molecule has 142 valence electrons. The number of amides is 1. The maximum atomic E-state index is 13.4. The highest BCUT2D eigenvalue weighted by Gasteiger charge is 2.33. The van der Waals surface area contributed by atoms with Crippen LogP contribution in [0.2, 0.25) is 5.02 Å². The summed E-state index contributed by atoms with van der Waals surface area (Å²) in [6.45, 7) is -0.0295. The number of hydrogen-bond acceptors (Lipinski definition) is 1. The highest BCUT2D eigenvalue weighted by Crippen LogP contribution is 2.36. The van der Waals surface area contributed by atoms with E-state index in [-0.39, 0.29) is 12.1 Å². The summed E-state index contributed by atoms with van der Waals surface area (Å²) in [6.07, 6.45) is -4.47. The van der Waals surface area contributed by atoms with Crippen LogP contribution in [0.25, 0.3) is 21.8 Å². The summed E-state index contributed by atoms with van der Waals surface area (Å²) in [5.41, 5.74) is 6.51. The van der Waals surface area contributed by atoms with E-state index in [9.17, 15) is 18.0 Å². The molecule has 2 N–H and O–H groups in total. The Morgan fingerprint density at radius 3 is 2.46 bits per heavy atom. The number of halogens is 4. The second kappa shape index (κ2) is 6.56. The molecule has 0 unspecified atom stereocenters. The lowest BCUT2D eigenvalue weighted by atomic mass is 10.1. The van der Waals surface area contributed by atoms with Gasteiger partial charge in [-0.3, -0.25) is 4.79 Å². The van der Waals surface area contributed by atoms with E-state index in [2.05, 4.69) is 0 Å². The summed E-state index contributed by atoms with van der Waals surface area (Å²) in [4.78, 5) is 11.9. The van der Waals surface area contributed by atoms with Crippen LogP contribution < -0.4 is 5.73 Å². The van der Waals surface area contributed by atoms with E-state index in [4.69, 9.17) is 17.3 Å². The van der Waals surface area contributed by atoms with Crippen LogP contribution >= 0.6 is 11.6 Å². The van der Waals surface area contributed by atoms with E-state index in [1.165, 1.54) is 12.1 Å². The molecule has 28 heavy (non-hydrogen) atoms. The number of nitrogens with zero attached hydrogens (tertiary/aromatic N) is 1. The molecule has 3 aromatic carbocycles. The summed E-state index contributed by atoms with van der Waals surface area (Å²) in [6, 6.07) is 15.6. The normalized spacial score (nSPS) is 12.0. The summed E-state index contributed by atoms with van der Waals surface area (Å²) < 4.78 is 42.1. The van der Waals surface area contributed by atoms with Crippen molar-refractivity contribution in [3.63, 3.8) is 0 Å². The molecule has 0 saturated heterocycles. The van der Waals surface area contributed by atoms with Crippen molar-refractivity contribution in [3.8, 4) is 0 Å². The van der Waals surface area contributed by atoms with Gasteiger partial charge in [-0.15, -0.1) is 0 Å². The first-order chi connectivity index (χ1) is 13.3. The van der Waals surface area contributed by atoms with Crippen LogP contribution in [0.4, 0.5) is 13.2 Å². The zero-order valence-corrected chi connectivity index (χ0v) is 15.2. The molecule has 3 nitrogen and oxygen atoms in total. The van der Waals surface area contributed by atoms with Crippen LogP contribution in [0.15, 0.2) is 60.7 Å². The van der Waals surface area contributed by atoms with Crippen LogP contribution in [-0.2, 0) is 12.7 Å². The van der Waals surface area contributed by atoms with Crippen molar-refractivity contribution in [1.82, 2.24) is 4.57 Å². The lowest BCUT2D eigenvalue weighted by Crippen LogP contribution is -2.12. The molecule has 0 bridgehead atoms. The first-order valence-electron chi connectivity index (χ1n) is 8.43. The van der Waals surface area contributed by atoms with Gasteiger partial charge in [0, 0.05) is 27.9 Å². The number of nitrogens with two attached hydrogens (primary N) is 1. The van der Waals surface area contributed by atoms with Crippen LogP contribution in [0.5, 0.6) is 0 Å². The fourth-order valence-corrected chi connectivity index (χ4v) is 3.76. The van der Waals surface area contributed by atoms with Gasteiger partial charge in [-0.05, 0) is 35.9 Å². The van der Waals surface area contributed by atoms with Crippen molar-refractivity contribution in [1.29, 1.82) is 0 Å². The van der Waals surface area contributed by atoms with E-state index in [0.717, 1.165) is 6.07 Å². The standard InChI is InChI=1S/C21H14ClF3N2O/c22-13-8-9-14-18(10-13)27(17-7-3-5-15(19(14)17)20(26)28)11-12-4-1-2-6-16(12)21(23,24)25/h1-10H,11H2,(H2,26,28). The topological polar surface area (TPSA) is 48.0 Å². The van der Waals surface area contributed by atoms with Crippen LogP contribution in [0.3, 0.4) is 0 Å². The molecule has 0 aliphatic heterocycles. The second-order valence-electron chi connectivity index (χ2n) is 6.47. The molecule has 0 radical (unpaired) electrons. The summed E-state index contributed by atoms with van der Waals surface area (Å²) >= 11 is 6.14. The molecular weight excluding hydrogens is 389 g/mol. The summed E-state index contributed by atoms with van der Waals surface area (Å²) in [5.74, 6) is -0.602. The molecule has 0 atom stereocenters. The number of rotatable bonds is 3. The van der Waals surface area contributed by atoms with Crippen molar-refractivity contribution in [2.45, 2.75) is 12.7 Å². The Balaban J connectivity index is 2.04. The molecule has 1 amide bonds. The van der Waals surface area contributed by atoms with Crippen molar-refractivity contribution >= 4 is 39.3 Å². The lowest BCUT2D eigenvalue weighted by Gasteiger charge is -2.15. The minimum absolute atomic E-state index is 0.0295. The predicted octanol–water partition coefficient (Wildman–Crippen LogP) is 5.61. The molecule has 7 heteroatoms. The third kappa shape index (κ3) is 2.99. The van der Waals surface area contributed by atoms with E-state index in [1.807, 2.05) is 0 Å². The molecule has 0 aliphatic carbocycles. The average molecular weight is 403 g/mol. The Morgan fingerprint density at radius 1 is 1.00 bits per heavy atom. The van der Waals surface area contributed by atoms with Gasteiger partial charge in [0.05, 0.1) is 16.6 Å². The summed E-state index contributed by atoms with van der Waals surface area (Å²) in [5, 5.41) is 1.76. The van der Waals surface area contributed by atoms with Crippen LogP contribution in [0.1, 0.15) is 21.5 Å². The van der Waals surface area contributed by atoms with Crippen LogP contribution in [0, 0.1) is 0 Å². The molecule has 0 aliphatic rings. The highest BCUT2D eigenvalue weighted by molar-refractivity contribution is 6.32. The van der Waals surface area contributed by atoms with Gasteiger partial charge >= 0.3 is 6.18 Å². The molecule has 1 aromatic heterocycles. The second-order valence-corrected chi connectivity index (χ2v) is 6.90. The number of carbonyl (C=O) groups excluding carboxylic acids is 1. The Bertz CT molecular complexity index is 1230. The quantitative estimate of drug-likeness (QED) is 0.475. The number of aromatic nitrogens is 1. The largest absolute Gasteiger partial charge is 0.416 e.